The molecule has 0 aliphatic rings. The number of aromatic amines is 1. The Morgan fingerprint density at radius 1 is 1.35 bits per heavy atom. The second-order valence-corrected chi connectivity index (χ2v) is 4.72. The van der Waals surface area contributed by atoms with E-state index >= 15 is 0 Å². The van der Waals surface area contributed by atoms with Gasteiger partial charge in [0, 0.05) is 30.8 Å². The Morgan fingerprint density at radius 3 is 2.82 bits per heavy atom. The minimum absolute atomic E-state index is 0.224. The van der Waals surface area contributed by atoms with Gasteiger partial charge in [0.25, 0.3) is 0 Å². The fourth-order valence-corrected chi connectivity index (χ4v) is 2.02. The van der Waals surface area contributed by atoms with Crippen LogP contribution in [0.1, 0.15) is 18.9 Å². The monoisotopic (exact) mass is 232 g/mol. The normalized spacial score (nSPS) is 15.0. The molecule has 17 heavy (non-hydrogen) atoms. The highest BCUT2D eigenvalue weighted by Crippen LogP contribution is 2.22. The highest BCUT2D eigenvalue weighted by Gasteiger charge is 2.21. The van der Waals surface area contributed by atoms with Gasteiger partial charge in [0.2, 0.25) is 0 Å². The van der Waals surface area contributed by atoms with Gasteiger partial charge in [-0.1, -0.05) is 18.2 Å². The van der Waals surface area contributed by atoms with Crippen LogP contribution in [-0.4, -0.2) is 24.2 Å². The maximum atomic E-state index is 5.74. The summed E-state index contributed by atoms with van der Waals surface area (Å²) in [5.41, 5.74) is 8.03. The van der Waals surface area contributed by atoms with E-state index in [1.54, 1.807) is 7.11 Å². The van der Waals surface area contributed by atoms with Crippen molar-refractivity contribution in [3.63, 3.8) is 0 Å². The van der Waals surface area contributed by atoms with Crippen molar-refractivity contribution in [1.82, 2.24) is 4.98 Å². The van der Waals surface area contributed by atoms with Crippen LogP contribution < -0.4 is 5.73 Å². The van der Waals surface area contributed by atoms with Crippen molar-refractivity contribution in [3.8, 4) is 0 Å². The first kappa shape index (κ1) is 12.1. The van der Waals surface area contributed by atoms with Crippen molar-refractivity contribution in [3.05, 3.63) is 36.0 Å². The van der Waals surface area contributed by atoms with Gasteiger partial charge in [-0.2, -0.15) is 0 Å². The molecule has 0 saturated heterocycles. The van der Waals surface area contributed by atoms with Gasteiger partial charge in [-0.25, -0.2) is 0 Å². The molecule has 1 unspecified atom stereocenters. The molecule has 1 atom stereocenters. The Morgan fingerprint density at radius 2 is 2.12 bits per heavy atom. The Labute approximate surface area is 102 Å². The summed E-state index contributed by atoms with van der Waals surface area (Å²) in [5.74, 6) is 0. The molecule has 3 N–H and O–H groups in total. The highest BCUT2D eigenvalue weighted by molar-refractivity contribution is 5.82. The third-order valence-electron chi connectivity index (χ3n) is 3.52. The molecule has 3 heteroatoms. The Kier molecular flexibility index (Phi) is 3.50. The minimum atomic E-state index is -0.224. The fraction of sp³-hybridized carbons (Fsp3) is 0.429. The van der Waals surface area contributed by atoms with Crippen LogP contribution in [0, 0.1) is 0 Å². The summed E-state index contributed by atoms with van der Waals surface area (Å²) in [6.07, 6.45) is 3.99. The number of rotatable bonds is 5. The summed E-state index contributed by atoms with van der Waals surface area (Å²) in [4.78, 5) is 3.29. The van der Waals surface area contributed by atoms with E-state index in [9.17, 15) is 0 Å². The number of methoxy groups -OCH3 is 1. The molecule has 2 rings (SSSR count). The van der Waals surface area contributed by atoms with Crippen molar-refractivity contribution >= 4 is 10.9 Å². The summed E-state index contributed by atoms with van der Waals surface area (Å²) in [6.45, 7) is 2.60. The van der Waals surface area contributed by atoms with Gasteiger partial charge in [0.1, 0.15) is 0 Å². The molecule has 0 fully saturated rings. The first-order chi connectivity index (χ1) is 8.18. The van der Waals surface area contributed by atoms with Gasteiger partial charge in [-0.05, 0) is 31.4 Å². The lowest BCUT2D eigenvalue weighted by Crippen LogP contribution is -2.36. The second-order valence-electron chi connectivity index (χ2n) is 4.72. The molecule has 3 nitrogen and oxygen atoms in total. The number of para-hydroxylation sites is 1. The third-order valence-corrected chi connectivity index (χ3v) is 3.52. The average molecular weight is 232 g/mol. The molecule has 1 aromatic carbocycles. The molecule has 0 amide bonds. The van der Waals surface area contributed by atoms with Gasteiger partial charge >= 0.3 is 0 Å². The minimum Gasteiger partial charge on any atom is -0.377 e. The van der Waals surface area contributed by atoms with E-state index in [2.05, 4.69) is 36.3 Å². The maximum Gasteiger partial charge on any atom is 0.0775 e. The number of benzene rings is 1. The smallest absolute Gasteiger partial charge is 0.0775 e. The molecule has 0 aliphatic heterocycles. The summed E-state index contributed by atoms with van der Waals surface area (Å²) < 4.78 is 5.46. The van der Waals surface area contributed by atoms with Crippen LogP contribution in [0.5, 0.6) is 0 Å². The Bertz CT molecular complexity index is 486. The number of fused-ring (bicyclic) bond motifs is 1. The van der Waals surface area contributed by atoms with Gasteiger partial charge in [-0.3, -0.25) is 0 Å². The van der Waals surface area contributed by atoms with E-state index in [1.807, 2.05) is 6.07 Å². The second kappa shape index (κ2) is 4.90. The fourth-order valence-electron chi connectivity index (χ4n) is 2.02. The van der Waals surface area contributed by atoms with E-state index in [1.165, 1.54) is 16.5 Å². The number of nitrogens with one attached hydrogen (secondary N) is 1. The van der Waals surface area contributed by atoms with Crippen molar-refractivity contribution in [2.75, 3.05) is 13.7 Å². The summed E-state index contributed by atoms with van der Waals surface area (Å²) >= 11 is 0. The van der Waals surface area contributed by atoms with Crippen molar-refractivity contribution in [2.24, 2.45) is 5.73 Å². The van der Waals surface area contributed by atoms with E-state index in [0.29, 0.717) is 6.54 Å². The molecule has 2 aromatic rings. The van der Waals surface area contributed by atoms with Crippen LogP contribution in [0.2, 0.25) is 0 Å². The number of hydrogen-bond donors (Lipinski definition) is 2. The zero-order chi connectivity index (χ0) is 12.3. The average Bonchev–Trinajstić information content (AvgIpc) is 2.79. The number of ether oxygens (including phenoxy) is 1. The van der Waals surface area contributed by atoms with Crippen molar-refractivity contribution in [2.45, 2.75) is 25.4 Å². The zero-order valence-electron chi connectivity index (χ0n) is 10.5. The molecular formula is C14H20N2O. The van der Waals surface area contributed by atoms with Gasteiger partial charge in [0.15, 0.2) is 0 Å². The lowest BCUT2D eigenvalue weighted by molar-refractivity contribution is 0.00711. The number of nitrogens with two attached hydrogens (primary N) is 1. The molecular weight excluding hydrogens is 212 g/mol. The standard InChI is InChI=1S/C14H20N2O/c1-14(10-15,17-2)8-7-11-9-16-13-6-4-3-5-12(11)13/h3-6,9,16H,7-8,10,15H2,1-2H3. The first-order valence-corrected chi connectivity index (χ1v) is 5.99. The molecule has 0 saturated carbocycles. The van der Waals surface area contributed by atoms with Crippen LogP contribution in [0.4, 0.5) is 0 Å². The van der Waals surface area contributed by atoms with Crippen LogP contribution in [0.25, 0.3) is 10.9 Å². The van der Waals surface area contributed by atoms with Crippen molar-refractivity contribution < 1.29 is 4.74 Å². The molecule has 0 spiro atoms. The molecule has 0 radical (unpaired) electrons. The highest BCUT2D eigenvalue weighted by atomic mass is 16.5. The predicted molar refractivity (Wildman–Crippen MR) is 71.1 cm³/mol. The summed E-state index contributed by atoms with van der Waals surface area (Å²) in [5, 5.41) is 1.29. The molecule has 0 aliphatic carbocycles. The van der Waals surface area contributed by atoms with E-state index in [4.69, 9.17) is 10.5 Å². The Hall–Kier alpha value is -1.32. The van der Waals surface area contributed by atoms with Crippen LogP contribution >= 0.6 is 0 Å². The number of aromatic nitrogens is 1. The van der Waals surface area contributed by atoms with E-state index < -0.39 is 0 Å². The van der Waals surface area contributed by atoms with E-state index in [-0.39, 0.29) is 5.60 Å². The summed E-state index contributed by atoms with van der Waals surface area (Å²) in [7, 11) is 1.72. The molecule has 92 valence electrons. The Balaban J connectivity index is 2.14. The topological polar surface area (TPSA) is 51.0 Å². The number of aryl methyl sites for hydroxylation is 1. The van der Waals surface area contributed by atoms with Crippen LogP contribution in [-0.2, 0) is 11.2 Å². The van der Waals surface area contributed by atoms with Gasteiger partial charge < -0.3 is 15.5 Å². The van der Waals surface area contributed by atoms with Crippen LogP contribution in [0.3, 0.4) is 0 Å². The molecule has 1 heterocycles. The third kappa shape index (κ3) is 2.51. The number of hydrogen-bond acceptors (Lipinski definition) is 2. The van der Waals surface area contributed by atoms with E-state index in [0.717, 1.165) is 12.8 Å². The largest absolute Gasteiger partial charge is 0.377 e. The molecule has 0 bridgehead atoms. The lowest BCUT2D eigenvalue weighted by Gasteiger charge is -2.26. The van der Waals surface area contributed by atoms with Gasteiger partial charge in [-0.15, -0.1) is 0 Å². The first-order valence-electron chi connectivity index (χ1n) is 5.99. The quantitative estimate of drug-likeness (QED) is 0.832. The maximum absolute atomic E-state index is 5.74. The number of H-pyrrole nitrogens is 1. The molecule has 1 aromatic heterocycles. The van der Waals surface area contributed by atoms with Crippen molar-refractivity contribution in [1.29, 1.82) is 0 Å². The predicted octanol–water partition coefficient (Wildman–Crippen LogP) is 2.46. The zero-order valence-corrected chi connectivity index (χ0v) is 10.5. The SMILES string of the molecule is COC(C)(CN)CCc1c[nH]c2ccccc12. The van der Waals surface area contributed by atoms with Gasteiger partial charge in [0.05, 0.1) is 5.60 Å². The van der Waals surface area contributed by atoms with Crippen LogP contribution in [0.15, 0.2) is 30.5 Å². The summed E-state index contributed by atoms with van der Waals surface area (Å²) in [6, 6.07) is 8.35. The lowest BCUT2D eigenvalue weighted by atomic mass is 9.96.